The van der Waals surface area contributed by atoms with Crippen LogP contribution >= 0.6 is 0 Å². The van der Waals surface area contributed by atoms with E-state index in [0.29, 0.717) is 11.4 Å². The van der Waals surface area contributed by atoms with Gasteiger partial charge in [-0.15, -0.1) is 0 Å². The summed E-state index contributed by atoms with van der Waals surface area (Å²) in [6.45, 7) is 3.94. The number of rotatable bonds is 5. The van der Waals surface area contributed by atoms with Crippen molar-refractivity contribution in [2.45, 2.75) is 25.2 Å². The van der Waals surface area contributed by atoms with Gasteiger partial charge >= 0.3 is 0 Å². The topological polar surface area (TPSA) is 55.4 Å². The normalized spacial score (nSPS) is 11.2. The summed E-state index contributed by atoms with van der Waals surface area (Å²) in [6, 6.07) is 12.3. The molecule has 0 fully saturated rings. The van der Waals surface area contributed by atoms with Crippen LogP contribution in [0.15, 0.2) is 47.4 Å². The van der Waals surface area contributed by atoms with Gasteiger partial charge in [0.2, 0.25) is 0 Å². The van der Waals surface area contributed by atoms with Crippen molar-refractivity contribution in [3.05, 3.63) is 53.6 Å². The molecule has 0 saturated heterocycles. The minimum atomic E-state index is -3.67. The second kappa shape index (κ2) is 6.18. The lowest BCUT2D eigenvalue weighted by Crippen LogP contribution is -2.14. The molecule has 4 nitrogen and oxygen atoms in total. The van der Waals surface area contributed by atoms with Crippen molar-refractivity contribution in [2.75, 3.05) is 11.8 Å². The maximum atomic E-state index is 12.5. The number of anilines is 1. The van der Waals surface area contributed by atoms with E-state index in [4.69, 9.17) is 4.74 Å². The third kappa shape index (κ3) is 3.55. The molecule has 5 heteroatoms. The van der Waals surface area contributed by atoms with Crippen LogP contribution in [0.1, 0.15) is 18.1 Å². The van der Waals surface area contributed by atoms with Crippen LogP contribution in [-0.2, 0) is 16.4 Å². The van der Waals surface area contributed by atoms with E-state index >= 15 is 0 Å². The highest BCUT2D eigenvalue weighted by Gasteiger charge is 2.19. The molecule has 0 unspecified atom stereocenters. The molecule has 0 saturated carbocycles. The van der Waals surface area contributed by atoms with Crippen molar-refractivity contribution < 1.29 is 13.2 Å². The highest BCUT2D eigenvalue weighted by Crippen LogP contribution is 2.26. The van der Waals surface area contributed by atoms with Crippen molar-refractivity contribution in [1.29, 1.82) is 0 Å². The fraction of sp³-hybridized carbons (Fsp3) is 0.250. The number of nitrogens with one attached hydrogen (secondary N) is 1. The van der Waals surface area contributed by atoms with E-state index in [1.807, 2.05) is 19.1 Å². The minimum absolute atomic E-state index is 0.134. The van der Waals surface area contributed by atoms with Crippen molar-refractivity contribution in [3.63, 3.8) is 0 Å². The Kier molecular flexibility index (Phi) is 4.53. The number of sulfonamides is 1. The Labute approximate surface area is 125 Å². The predicted molar refractivity (Wildman–Crippen MR) is 84.4 cm³/mol. The van der Waals surface area contributed by atoms with E-state index in [2.05, 4.69) is 11.6 Å². The van der Waals surface area contributed by atoms with Crippen LogP contribution < -0.4 is 9.46 Å². The van der Waals surface area contributed by atoms with Crippen molar-refractivity contribution >= 4 is 15.7 Å². The zero-order chi connectivity index (χ0) is 15.5. The molecule has 0 radical (unpaired) electrons. The molecule has 0 aromatic heterocycles. The molecule has 1 N–H and O–H groups in total. The summed E-state index contributed by atoms with van der Waals surface area (Å²) in [6.07, 6.45) is 0.915. The van der Waals surface area contributed by atoms with Crippen molar-refractivity contribution in [3.8, 4) is 5.75 Å². The summed E-state index contributed by atoms with van der Waals surface area (Å²) in [7, 11) is -2.21. The lowest BCUT2D eigenvalue weighted by Gasteiger charge is -2.12. The molecule has 2 rings (SSSR count). The van der Waals surface area contributed by atoms with E-state index in [-0.39, 0.29) is 4.90 Å². The molecule has 21 heavy (non-hydrogen) atoms. The Hall–Kier alpha value is -2.01. The first kappa shape index (κ1) is 15.4. The maximum absolute atomic E-state index is 12.5. The first-order valence-electron chi connectivity index (χ1n) is 6.72. The maximum Gasteiger partial charge on any atom is 0.265 e. The average molecular weight is 305 g/mol. The van der Waals surface area contributed by atoms with Crippen molar-refractivity contribution in [2.24, 2.45) is 0 Å². The van der Waals surface area contributed by atoms with Gasteiger partial charge in [0.15, 0.2) is 0 Å². The highest BCUT2D eigenvalue weighted by molar-refractivity contribution is 7.92. The smallest absolute Gasteiger partial charge is 0.265 e. The Morgan fingerprint density at radius 3 is 2.33 bits per heavy atom. The molecule has 0 aliphatic carbocycles. The van der Waals surface area contributed by atoms with Gasteiger partial charge in [-0.3, -0.25) is 4.72 Å². The number of methoxy groups -OCH3 is 1. The molecule has 0 aliphatic rings. The van der Waals surface area contributed by atoms with E-state index in [1.54, 1.807) is 30.3 Å². The van der Waals surface area contributed by atoms with E-state index in [1.165, 1.54) is 7.11 Å². The van der Waals surface area contributed by atoms with Gasteiger partial charge in [-0.1, -0.05) is 25.1 Å². The summed E-state index contributed by atoms with van der Waals surface area (Å²) >= 11 is 0. The number of ether oxygens (including phenoxy) is 1. The van der Waals surface area contributed by atoms with E-state index in [0.717, 1.165) is 17.5 Å². The number of aryl methyl sites for hydroxylation is 2. The Morgan fingerprint density at radius 2 is 1.76 bits per heavy atom. The quantitative estimate of drug-likeness (QED) is 0.921. The molecular formula is C16H19NO3S. The Morgan fingerprint density at radius 1 is 1.10 bits per heavy atom. The molecule has 2 aromatic rings. The fourth-order valence-corrected chi connectivity index (χ4v) is 3.23. The number of hydrogen-bond donors (Lipinski definition) is 1. The molecule has 0 atom stereocenters. The molecular weight excluding hydrogens is 286 g/mol. The zero-order valence-corrected chi connectivity index (χ0v) is 13.2. The third-order valence-corrected chi connectivity index (χ3v) is 4.64. The summed E-state index contributed by atoms with van der Waals surface area (Å²) in [5.74, 6) is 0.340. The van der Waals surface area contributed by atoms with Crippen LogP contribution in [0.4, 0.5) is 5.69 Å². The Bertz CT molecular complexity index is 722. The summed E-state index contributed by atoms with van der Waals surface area (Å²) < 4.78 is 32.7. The van der Waals surface area contributed by atoms with Crippen LogP contribution in [0, 0.1) is 6.92 Å². The van der Waals surface area contributed by atoms with Crippen LogP contribution in [-0.4, -0.2) is 15.5 Å². The van der Waals surface area contributed by atoms with Gasteiger partial charge in [0.05, 0.1) is 7.11 Å². The van der Waals surface area contributed by atoms with E-state index < -0.39 is 10.0 Å². The van der Waals surface area contributed by atoms with E-state index in [9.17, 15) is 8.42 Å². The van der Waals surface area contributed by atoms with Crippen LogP contribution in [0.25, 0.3) is 0 Å². The van der Waals surface area contributed by atoms with Gasteiger partial charge in [0.25, 0.3) is 10.0 Å². The third-order valence-electron chi connectivity index (χ3n) is 3.22. The van der Waals surface area contributed by atoms with Gasteiger partial charge in [0, 0.05) is 5.69 Å². The van der Waals surface area contributed by atoms with Gasteiger partial charge in [0.1, 0.15) is 10.6 Å². The minimum Gasteiger partial charge on any atom is -0.495 e. The van der Waals surface area contributed by atoms with Gasteiger partial charge in [-0.25, -0.2) is 8.42 Å². The lowest BCUT2D eigenvalue weighted by atomic mass is 10.2. The fourth-order valence-electron chi connectivity index (χ4n) is 2.02. The second-order valence-electron chi connectivity index (χ2n) is 4.81. The first-order valence-corrected chi connectivity index (χ1v) is 8.21. The Balaban J connectivity index is 2.33. The van der Waals surface area contributed by atoms with Crippen LogP contribution in [0.2, 0.25) is 0 Å². The lowest BCUT2D eigenvalue weighted by molar-refractivity contribution is 0.402. The molecule has 0 aliphatic heterocycles. The highest BCUT2D eigenvalue weighted by atomic mass is 32.2. The SMILES string of the molecule is CCc1ccc(NS(=O)(=O)c2ccc(C)cc2OC)cc1. The summed E-state index contributed by atoms with van der Waals surface area (Å²) in [4.78, 5) is 0.134. The largest absolute Gasteiger partial charge is 0.495 e. The predicted octanol–water partition coefficient (Wildman–Crippen LogP) is 3.37. The zero-order valence-electron chi connectivity index (χ0n) is 12.4. The second-order valence-corrected chi connectivity index (χ2v) is 6.46. The molecule has 112 valence electrons. The summed E-state index contributed by atoms with van der Waals surface area (Å²) in [5, 5.41) is 0. The monoisotopic (exact) mass is 305 g/mol. The first-order chi connectivity index (χ1) is 9.96. The number of benzene rings is 2. The van der Waals surface area contributed by atoms with Crippen molar-refractivity contribution in [1.82, 2.24) is 0 Å². The van der Waals surface area contributed by atoms with Crippen LogP contribution in [0.5, 0.6) is 5.75 Å². The molecule has 0 amide bonds. The number of hydrogen-bond acceptors (Lipinski definition) is 3. The molecule has 0 bridgehead atoms. The summed E-state index contributed by atoms with van der Waals surface area (Å²) in [5.41, 5.74) is 2.64. The molecule has 2 aromatic carbocycles. The average Bonchev–Trinajstić information content (AvgIpc) is 2.47. The molecule has 0 spiro atoms. The standard InChI is InChI=1S/C16H19NO3S/c1-4-13-6-8-14(9-7-13)17-21(18,19)16-10-5-12(2)11-15(16)20-3/h5-11,17H,4H2,1-3H3. The van der Waals surface area contributed by atoms with Gasteiger partial charge in [-0.2, -0.15) is 0 Å². The van der Waals surface area contributed by atoms with Crippen LogP contribution in [0.3, 0.4) is 0 Å². The van der Waals surface area contributed by atoms with Gasteiger partial charge in [-0.05, 0) is 48.7 Å². The van der Waals surface area contributed by atoms with Gasteiger partial charge < -0.3 is 4.74 Å². The molecule has 0 heterocycles.